The lowest BCUT2D eigenvalue weighted by Gasteiger charge is -2.14. The van der Waals surface area contributed by atoms with Crippen LogP contribution in [0.4, 0.5) is 5.69 Å². The molecule has 98 valence electrons. The Balaban J connectivity index is 2.05. The minimum atomic E-state index is -0.154. The molecule has 2 rings (SSSR count). The summed E-state index contributed by atoms with van der Waals surface area (Å²) in [7, 11) is 0. The maximum absolute atomic E-state index is 12.0. The lowest BCUT2D eigenvalue weighted by molar-refractivity contribution is 0.0944. The highest BCUT2D eigenvalue weighted by Gasteiger charge is 2.40. The normalized spacial score (nSPS) is 16.4. The van der Waals surface area contributed by atoms with E-state index in [2.05, 4.69) is 12.2 Å². The summed E-state index contributed by atoms with van der Waals surface area (Å²) >= 11 is 11.8. The number of hydrogen-bond donors (Lipinski definition) is 2. The number of benzene rings is 1. The Kier molecular flexibility index (Phi) is 3.74. The maximum Gasteiger partial charge on any atom is 0.251 e. The maximum atomic E-state index is 12.0. The fourth-order valence-corrected chi connectivity index (χ4v) is 2.40. The first kappa shape index (κ1) is 13.5. The van der Waals surface area contributed by atoms with Crippen LogP contribution in [-0.2, 0) is 0 Å². The third-order valence-corrected chi connectivity index (χ3v) is 4.30. The Morgan fingerprint density at radius 3 is 2.39 bits per heavy atom. The second kappa shape index (κ2) is 4.98. The van der Waals surface area contributed by atoms with Gasteiger partial charge in [-0.25, -0.2) is 0 Å². The number of halogens is 2. The van der Waals surface area contributed by atoms with E-state index in [0.717, 1.165) is 6.42 Å². The lowest BCUT2D eigenvalue weighted by Crippen LogP contribution is -2.30. The molecule has 1 aliphatic rings. The second-order valence-electron chi connectivity index (χ2n) is 4.89. The zero-order valence-corrected chi connectivity index (χ0v) is 11.7. The van der Waals surface area contributed by atoms with E-state index in [9.17, 15) is 4.79 Å². The monoisotopic (exact) mass is 286 g/mol. The molecule has 1 amide bonds. The quantitative estimate of drug-likeness (QED) is 0.833. The molecule has 18 heavy (non-hydrogen) atoms. The van der Waals surface area contributed by atoms with Gasteiger partial charge < -0.3 is 11.1 Å². The third-order valence-electron chi connectivity index (χ3n) is 3.67. The molecule has 0 bridgehead atoms. The third kappa shape index (κ3) is 2.73. The number of hydrogen-bond acceptors (Lipinski definition) is 2. The summed E-state index contributed by atoms with van der Waals surface area (Å²) in [4.78, 5) is 12.0. The van der Waals surface area contributed by atoms with Gasteiger partial charge in [0.15, 0.2) is 0 Å². The first-order valence-electron chi connectivity index (χ1n) is 6.00. The van der Waals surface area contributed by atoms with Crippen molar-refractivity contribution in [2.75, 3.05) is 12.3 Å². The standard InChI is InChI=1S/C13H16Cl2N2O/c1-2-13(3-4-13)7-17-12(18)8-5-9(14)11(16)10(15)6-8/h5-6H,2-4,7,16H2,1H3,(H,17,18). The molecule has 5 heteroatoms. The molecule has 0 heterocycles. The van der Waals surface area contributed by atoms with Crippen molar-refractivity contribution in [3.8, 4) is 0 Å². The number of amides is 1. The summed E-state index contributed by atoms with van der Waals surface area (Å²) in [6.07, 6.45) is 3.47. The topological polar surface area (TPSA) is 55.1 Å². The highest BCUT2D eigenvalue weighted by molar-refractivity contribution is 6.39. The van der Waals surface area contributed by atoms with Crippen molar-refractivity contribution in [1.29, 1.82) is 0 Å². The van der Waals surface area contributed by atoms with Crippen molar-refractivity contribution in [3.63, 3.8) is 0 Å². The molecule has 1 fully saturated rings. The van der Waals surface area contributed by atoms with Gasteiger partial charge >= 0.3 is 0 Å². The van der Waals surface area contributed by atoms with Crippen LogP contribution in [0, 0.1) is 5.41 Å². The van der Waals surface area contributed by atoms with Crippen molar-refractivity contribution in [2.45, 2.75) is 26.2 Å². The summed E-state index contributed by atoms with van der Waals surface area (Å²) in [5.41, 5.74) is 6.70. The molecular weight excluding hydrogens is 271 g/mol. The number of nitrogens with two attached hydrogens (primary N) is 1. The van der Waals surface area contributed by atoms with Gasteiger partial charge in [-0.3, -0.25) is 4.79 Å². The predicted octanol–water partition coefficient (Wildman–Crippen LogP) is 3.50. The van der Waals surface area contributed by atoms with Crippen LogP contribution in [0.3, 0.4) is 0 Å². The average molecular weight is 287 g/mol. The fourth-order valence-electron chi connectivity index (χ4n) is 1.92. The van der Waals surface area contributed by atoms with E-state index >= 15 is 0 Å². The minimum Gasteiger partial charge on any atom is -0.396 e. The fraction of sp³-hybridized carbons (Fsp3) is 0.462. The van der Waals surface area contributed by atoms with Crippen LogP contribution >= 0.6 is 23.2 Å². The molecule has 0 aliphatic heterocycles. The molecule has 1 aromatic carbocycles. The van der Waals surface area contributed by atoms with Crippen molar-refractivity contribution < 1.29 is 4.79 Å². The van der Waals surface area contributed by atoms with Crippen molar-refractivity contribution in [3.05, 3.63) is 27.7 Å². The Hall–Kier alpha value is -0.930. The van der Waals surface area contributed by atoms with Gasteiger partial charge in [0.1, 0.15) is 0 Å². The average Bonchev–Trinajstić information content (AvgIpc) is 3.13. The number of nitrogens with one attached hydrogen (secondary N) is 1. The molecule has 0 atom stereocenters. The summed E-state index contributed by atoms with van der Waals surface area (Å²) in [5.74, 6) is -0.154. The van der Waals surface area contributed by atoms with E-state index in [1.54, 1.807) is 12.1 Å². The van der Waals surface area contributed by atoms with Crippen LogP contribution < -0.4 is 11.1 Å². The van der Waals surface area contributed by atoms with Crippen LogP contribution in [0.5, 0.6) is 0 Å². The van der Waals surface area contributed by atoms with Crippen LogP contribution in [0.15, 0.2) is 12.1 Å². The number of rotatable bonds is 4. The number of carbonyl (C=O) groups is 1. The molecule has 1 saturated carbocycles. The van der Waals surface area contributed by atoms with Gasteiger partial charge in [-0.15, -0.1) is 0 Å². The van der Waals surface area contributed by atoms with Crippen molar-refractivity contribution in [1.82, 2.24) is 5.32 Å². The number of nitrogen functional groups attached to an aromatic ring is 1. The van der Waals surface area contributed by atoms with Crippen LogP contribution in [0.2, 0.25) is 10.0 Å². The summed E-state index contributed by atoms with van der Waals surface area (Å²) in [6, 6.07) is 3.09. The molecule has 3 N–H and O–H groups in total. The SMILES string of the molecule is CCC1(CNC(=O)c2cc(Cl)c(N)c(Cl)c2)CC1. The molecule has 1 aromatic rings. The van der Waals surface area contributed by atoms with E-state index in [0.29, 0.717) is 33.3 Å². The molecular formula is C13H16Cl2N2O. The van der Waals surface area contributed by atoms with E-state index in [-0.39, 0.29) is 5.91 Å². The second-order valence-corrected chi connectivity index (χ2v) is 5.70. The molecule has 0 saturated heterocycles. The van der Waals surface area contributed by atoms with Gasteiger partial charge in [0.25, 0.3) is 5.91 Å². The minimum absolute atomic E-state index is 0.154. The van der Waals surface area contributed by atoms with Gasteiger partial charge in [0.05, 0.1) is 15.7 Å². The summed E-state index contributed by atoms with van der Waals surface area (Å²) in [6.45, 7) is 2.86. The van der Waals surface area contributed by atoms with E-state index in [1.807, 2.05) is 0 Å². The van der Waals surface area contributed by atoms with Crippen LogP contribution in [0.1, 0.15) is 36.5 Å². The Morgan fingerprint density at radius 1 is 1.39 bits per heavy atom. The number of anilines is 1. The highest BCUT2D eigenvalue weighted by atomic mass is 35.5. The predicted molar refractivity (Wildman–Crippen MR) is 75.2 cm³/mol. The smallest absolute Gasteiger partial charge is 0.251 e. The van der Waals surface area contributed by atoms with Gasteiger partial charge in [-0.05, 0) is 36.8 Å². The van der Waals surface area contributed by atoms with Gasteiger partial charge in [-0.1, -0.05) is 30.1 Å². The van der Waals surface area contributed by atoms with Crippen molar-refractivity contribution in [2.24, 2.45) is 5.41 Å². The summed E-state index contributed by atoms with van der Waals surface area (Å²) in [5, 5.41) is 3.55. The molecule has 0 aromatic heterocycles. The molecule has 1 aliphatic carbocycles. The van der Waals surface area contributed by atoms with E-state index in [4.69, 9.17) is 28.9 Å². The largest absolute Gasteiger partial charge is 0.396 e. The van der Waals surface area contributed by atoms with Crippen LogP contribution in [0.25, 0.3) is 0 Å². The molecule has 0 spiro atoms. The molecule has 3 nitrogen and oxygen atoms in total. The Labute approximate surface area is 117 Å². The van der Waals surface area contributed by atoms with Gasteiger partial charge in [0.2, 0.25) is 0 Å². The van der Waals surface area contributed by atoms with E-state index < -0.39 is 0 Å². The Bertz CT molecular complexity index is 461. The lowest BCUT2D eigenvalue weighted by atomic mass is 10.0. The Morgan fingerprint density at radius 2 is 1.94 bits per heavy atom. The molecule has 0 unspecified atom stereocenters. The first-order valence-corrected chi connectivity index (χ1v) is 6.76. The van der Waals surface area contributed by atoms with E-state index in [1.165, 1.54) is 12.8 Å². The zero-order chi connectivity index (χ0) is 13.3. The highest BCUT2D eigenvalue weighted by Crippen LogP contribution is 2.47. The zero-order valence-electron chi connectivity index (χ0n) is 10.2. The first-order chi connectivity index (χ1) is 8.47. The van der Waals surface area contributed by atoms with Gasteiger partial charge in [-0.2, -0.15) is 0 Å². The summed E-state index contributed by atoms with van der Waals surface area (Å²) < 4.78 is 0. The van der Waals surface area contributed by atoms with Crippen molar-refractivity contribution >= 4 is 34.8 Å². The van der Waals surface area contributed by atoms with Crippen LogP contribution in [-0.4, -0.2) is 12.5 Å². The number of carbonyl (C=O) groups excluding carboxylic acids is 1. The van der Waals surface area contributed by atoms with Gasteiger partial charge in [0, 0.05) is 12.1 Å². The molecule has 0 radical (unpaired) electrons.